The molecule has 106 valence electrons. The van der Waals surface area contributed by atoms with Gasteiger partial charge in [-0.15, -0.1) is 0 Å². The first kappa shape index (κ1) is 14.4. The largest absolute Gasteiger partial charge is 0.326 e. The van der Waals surface area contributed by atoms with Crippen molar-refractivity contribution in [2.75, 3.05) is 13.6 Å². The minimum atomic E-state index is -4.02. The molecule has 1 aliphatic rings. The van der Waals surface area contributed by atoms with Gasteiger partial charge in [0.2, 0.25) is 10.0 Å². The third-order valence-electron chi connectivity index (χ3n) is 3.19. The highest BCUT2D eigenvalue weighted by Gasteiger charge is 2.31. The van der Waals surface area contributed by atoms with E-state index in [0.717, 1.165) is 29.3 Å². The maximum Gasteiger partial charge on any atom is 0.245 e. The summed E-state index contributed by atoms with van der Waals surface area (Å²) in [6.07, 6.45) is 1.94. The molecule has 0 aromatic heterocycles. The predicted octanol–water partition coefficient (Wildman–Crippen LogP) is 1.45. The Labute approximate surface area is 111 Å². The molecular formula is C12H16F2N2O2S. The fraction of sp³-hybridized carbons (Fsp3) is 0.500. The van der Waals surface area contributed by atoms with Crippen LogP contribution in [0.1, 0.15) is 18.4 Å². The molecule has 0 amide bonds. The molecule has 0 bridgehead atoms. The molecule has 1 aromatic rings. The number of benzene rings is 1. The number of halogens is 2. The SMILES string of the molecule is CN(CC1CC1)S(=O)(=O)c1cc(CN)cc(F)c1F. The molecule has 1 fully saturated rings. The van der Waals surface area contributed by atoms with E-state index >= 15 is 0 Å². The second-order valence-corrected chi connectivity index (χ2v) is 6.84. The smallest absolute Gasteiger partial charge is 0.245 e. The van der Waals surface area contributed by atoms with E-state index in [1.807, 2.05) is 0 Å². The molecule has 2 N–H and O–H groups in total. The summed E-state index contributed by atoms with van der Waals surface area (Å²) in [6, 6.07) is 2.01. The molecule has 0 spiro atoms. The van der Waals surface area contributed by atoms with E-state index in [2.05, 4.69) is 0 Å². The standard InChI is InChI=1S/C12H16F2N2O2S/c1-16(7-8-2-3-8)19(17,18)11-5-9(6-15)4-10(13)12(11)14/h4-5,8H,2-3,6-7,15H2,1H3. The summed E-state index contributed by atoms with van der Waals surface area (Å²) >= 11 is 0. The van der Waals surface area contributed by atoms with Gasteiger partial charge in [0.1, 0.15) is 4.90 Å². The van der Waals surface area contributed by atoms with Gasteiger partial charge in [-0.3, -0.25) is 0 Å². The first-order chi connectivity index (χ1) is 8.86. The van der Waals surface area contributed by atoms with Crippen molar-refractivity contribution in [1.29, 1.82) is 0 Å². The van der Waals surface area contributed by atoms with Gasteiger partial charge in [-0.2, -0.15) is 0 Å². The van der Waals surface area contributed by atoms with Crippen LogP contribution in [0.15, 0.2) is 17.0 Å². The van der Waals surface area contributed by atoms with Crippen LogP contribution in [0, 0.1) is 17.6 Å². The van der Waals surface area contributed by atoms with Gasteiger partial charge in [-0.05, 0) is 36.5 Å². The summed E-state index contributed by atoms with van der Waals surface area (Å²) in [4.78, 5) is -0.642. The molecule has 1 aromatic carbocycles. The quantitative estimate of drug-likeness (QED) is 0.893. The molecule has 4 nitrogen and oxygen atoms in total. The maximum absolute atomic E-state index is 13.7. The summed E-state index contributed by atoms with van der Waals surface area (Å²) in [6.45, 7) is 0.280. The van der Waals surface area contributed by atoms with Crippen molar-refractivity contribution in [3.8, 4) is 0 Å². The molecule has 7 heteroatoms. The monoisotopic (exact) mass is 290 g/mol. The Hall–Kier alpha value is -1.05. The number of nitrogens with zero attached hydrogens (tertiary/aromatic N) is 1. The van der Waals surface area contributed by atoms with Crippen molar-refractivity contribution < 1.29 is 17.2 Å². The van der Waals surface area contributed by atoms with Crippen LogP contribution in [-0.4, -0.2) is 26.3 Å². The highest BCUT2D eigenvalue weighted by atomic mass is 32.2. The van der Waals surface area contributed by atoms with Crippen LogP contribution in [0.5, 0.6) is 0 Å². The third kappa shape index (κ3) is 2.93. The van der Waals surface area contributed by atoms with Crippen molar-refractivity contribution >= 4 is 10.0 Å². The lowest BCUT2D eigenvalue weighted by Crippen LogP contribution is -2.30. The Balaban J connectivity index is 2.40. The molecule has 0 atom stereocenters. The van der Waals surface area contributed by atoms with Crippen LogP contribution >= 0.6 is 0 Å². The van der Waals surface area contributed by atoms with Gasteiger partial charge in [0.05, 0.1) is 0 Å². The average molecular weight is 290 g/mol. The molecule has 0 radical (unpaired) electrons. The van der Waals surface area contributed by atoms with E-state index in [1.54, 1.807) is 0 Å². The fourth-order valence-corrected chi connectivity index (χ4v) is 3.22. The second-order valence-electron chi connectivity index (χ2n) is 4.82. The summed E-state index contributed by atoms with van der Waals surface area (Å²) < 4.78 is 52.6. The van der Waals surface area contributed by atoms with Crippen LogP contribution in [-0.2, 0) is 16.6 Å². The lowest BCUT2D eigenvalue weighted by Gasteiger charge is -2.18. The fourth-order valence-electron chi connectivity index (χ4n) is 1.85. The summed E-state index contributed by atoms with van der Waals surface area (Å²) in [5.41, 5.74) is 5.60. The van der Waals surface area contributed by atoms with Crippen LogP contribution in [0.25, 0.3) is 0 Å². The molecular weight excluding hydrogens is 274 g/mol. The van der Waals surface area contributed by atoms with E-state index in [9.17, 15) is 17.2 Å². The molecule has 0 unspecified atom stereocenters. The number of hydrogen-bond acceptors (Lipinski definition) is 3. The number of nitrogens with two attached hydrogens (primary N) is 1. The van der Waals surface area contributed by atoms with Gasteiger partial charge in [-0.1, -0.05) is 0 Å². The van der Waals surface area contributed by atoms with Crippen LogP contribution in [0.4, 0.5) is 8.78 Å². The van der Waals surface area contributed by atoms with E-state index < -0.39 is 26.6 Å². The molecule has 1 saturated carbocycles. The van der Waals surface area contributed by atoms with Crippen molar-refractivity contribution in [1.82, 2.24) is 4.31 Å². The van der Waals surface area contributed by atoms with E-state index in [4.69, 9.17) is 5.73 Å². The van der Waals surface area contributed by atoms with E-state index in [0.29, 0.717) is 12.5 Å². The van der Waals surface area contributed by atoms with Crippen molar-refractivity contribution in [2.45, 2.75) is 24.3 Å². The third-order valence-corrected chi connectivity index (χ3v) is 5.01. The number of hydrogen-bond donors (Lipinski definition) is 1. The second kappa shape index (κ2) is 5.15. The number of sulfonamides is 1. The molecule has 19 heavy (non-hydrogen) atoms. The minimum absolute atomic E-state index is 0.0495. The summed E-state index contributed by atoms with van der Waals surface area (Å²) in [5.74, 6) is -2.22. The molecule has 1 aliphatic carbocycles. The zero-order chi connectivity index (χ0) is 14.2. The first-order valence-electron chi connectivity index (χ1n) is 6.00. The van der Waals surface area contributed by atoms with Crippen LogP contribution in [0.3, 0.4) is 0 Å². The van der Waals surface area contributed by atoms with E-state index in [-0.39, 0.29) is 12.1 Å². The van der Waals surface area contributed by atoms with Gasteiger partial charge in [0, 0.05) is 20.1 Å². The Morgan fingerprint density at radius 1 is 1.37 bits per heavy atom. The number of rotatable bonds is 5. The molecule has 0 saturated heterocycles. The van der Waals surface area contributed by atoms with Crippen molar-refractivity contribution in [3.05, 3.63) is 29.3 Å². The zero-order valence-electron chi connectivity index (χ0n) is 10.6. The highest BCUT2D eigenvalue weighted by Crippen LogP contribution is 2.31. The normalized spacial score (nSPS) is 16.1. The topological polar surface area (TPSA) is 63.4 Å². The Morgan fingerprint density at radius 2 is 2.00 bits per heavy atom. The predicted molar refractivity (Wildman–Crippen MR) is 66.8 cm³/mol. The molecule has 0 heterocycles. The van der Waals surface area contributed by atoms with Gasteiger partial charge in [0.25, 0.3) is 0 Å². The van der Waals surface area contributed by atoms with Crippen LogP contribution < -0.4 is 5.73 Å². The van der Waals surface area contributed by atoms with Crippen LogP contribution in [0.2, 0.25) is 0 Å². The zero-order valence-corrected chi connectivity index (χ0v) is 11.4. The van der Waals surface area contributed by atoms with Gasteiger partial charge in [0.15, 0.2) is 11.6 Å². The van der Waals surface area contributed by atoms with E-state index in [1.165, 1.54) is 7.05 Å². The average Bonchev–Trinajstić information content (AvgIpc) is 3.15. The minimum Gasteiger partial charge on any atom is -0.326 e. The molecule has 0 aliphatic heterocycles. The Morgan fingerprint density at radius 3 is 2.53 bits per heavy atom. The first-order valence-corrected chi connectivity index (χ1v) is 7.44. The van der Waals surface area contributed by atoms with Gasteiger partial charge < -0.3 is 5.73 Å². The molecule has 2 rings (SSSR count). The summed E-state index contributed by atoms with van der Waals surface area (Å²) in [7, 11) is -2.64. The summed E-state index contributed by atoms with van der Waals surface area (Å²) in [5, 5.41) is 0. The lowest BCUT2D eigenvalue weighted by molar-refractivity contribution is 0.438. The Kier molecular flexibility index (Phi) is 3.89. The lowest BCUT2D eigenvalue weighted by atomic mass is 10.2. The highest BCUT2D eigenvalue weighted by molar-refractivity contribution is 7.89. The maximum atomic E-state index is 13.7. The van der Waals surface area contributed by atoms with Crippen molar-refractivity contribution in [2.24, 2.45) is 11.7 Å². The van der Waals surface area contributed by atoms with Crippen molar-refractivity contribution in [3.63, 3.8) is 0 Å². The van der Waals surface area contributed by atoms with Gasteiger partial charge in [-0.25, -0.2) is 21.5 Å². The Bertz CT molecular complexity index is 586. The van der Waals surface area contributed by atoms with Gasteiger partial charge >= 0.3 is 0 Å².